The van der Waals surface area contributed by atoms with Crippen molar-refractivity contribution in [3.8, 4) is 0 Å². The number of carbonyl (C=O) groups excluding carboxylic acids is 1. The number of thioether (sulfide) groups is 1. The lowest BCUT2D eigenvalue weighted by Gasteiger charge is -2.31. The Bertz CT molecular complexity index is 576. The number of rotatable bonds is 4. The summed E-state index contributed by atoms with van der Waals surface area (Å²) in [7, 11) is 0. The normalized spacial score (nSPS) is 18.7. The Morgan fingerprint density at radius 1 is 1.38 bits per heavy atom. The van der Waals surface area contributed by atoms with Crippen LogP contribution in [0.3, 0.4) is 0 Å². The van der Waals surface area contributed by atoms with Crippen molar-refractivity contribution in [2.45, 2.75) is 11.0 Å². The molecule has 1 atom stereocenters. The van der Waals surface area contributed by atoms with E-state index in [1.165, 1.54) is 18.2 Å². The Morgan fingerprint density at radius 3 is 3.00 bits per heavy atom. The molecule has 7 heteroatoms. The van der Waals surface area contributed by atoms with Gasteiger partial charge in [-0.15, -0.1) is 11.8 Å². The molecule has 1 unspecified atom stereocenters. The first kappa shape index (κ1) is 14.1. The van der Waals surface area contributed by atoms with Crippen LogP contribution in [0, 0.1) is 0 Å². The van der Waals surface area contributed by atoms with Crippen molar-refractivity contribution in [3.63, 3.8) is 0 Å². The van der Waals surface area contributed by atoms with Crippen molar-refractivity contribution in [1.82, 2.24) is 15.0 Å². The van der Waals surface area contributed by atoms with Crippen LogP contribution in [0.4, 0.5) is 0 Å². The third-order valence-electron chi connectivity index (χ3n) is 3.19. The summed E-state index contributed by atoms with van der Waals surface area (Å²) in [4.78, 5) is 19.1. The third kappa shape index (κ3) is 3.62. The van der Waals surface area contributed by atoms with Gasteiger partial charge in [0.2, 0.25) is 18.1 Å². The van der Waals surface area contributed by atoms with Crippen LogP contribution in [0.1, 0.15) is 11.9 Å². The minimum absolute atomic E-state index is 0.0978. The van der Waals surface area contributed by atoms with E-state index in [9.17, 15) is 4.79 Å². The van der Waals surface area contributed by atoms with Gasteiger partial charge in [0.25, 0.3) is 0 Å². The Hall–Kier alpha value is -1.86. The van der Waals surface area contributed by atoms with Crippen LogP contribution in [0.5, 0.6) is 0 Å². The molecule has 6 nitrogen and oxygen atoms in total. The SMILES string of the molecule is O=C(CSc1ccccc1)N1CCOC(c2ncon2)C1. The number of benzene rings is 1. The zero-order valence-electron chi connectivity index (χ0n) is 11.3. The monoisotopic (exact) mass is 305 g/mol. The smallest absolute Gasteiger partial charge is 0.233 e. The molecule has 1 aliphatic rings. The lowest BCUT2D eigenvalue weighted by molar-refractivity contribution is -0.136. The third-order valence-corrected chi connectivity index (χ3v) is 4.19. The van der Waals surface area contributed by atoms with Gasteiger partial charge in [-0.05, 0) is 12.1 Å². The van der Waals surface area contributed by atoms with Gasteiger partial charge in [0.05, 0.1) is 18.9 Å². The lowest BCUT2D eigenvalue weighted by Crippen LogP contribution is -2.43. The Balaban J connectivity index is 1.55. The summed E-state index contributed by atoms with van der Waals surface area (Å²) >= 11 is 1.54. The molecular formula is C14H15N3O3S. The molecule has 1 aromatic heterocycles. The molecule has 2 aromatic rings. The fourth-order valence-electron chi connectivity index (χ4n) is 2.11. The topological polar surface area (TPSA) is 68.5 Å². The van der Waals surface area contributed by atoms with E-state index in [-0.39, 0.29) is 12.0 Å². The highest BCUT2D eigenvalue weighted by Gasteiger charge is 2.27. The summed E-state index contributed by atoms with van der Waals surface area (Å²) in [6.07, 6.45) is 0.966. The van der Waals surface area contributed by atoms with Crippen molar-refractivity contribution >= 4 is 17.7 Å². The van der Waals surface area contributed by atoms with Gasteiger partial charge in [0, 0.05) is 11.4 Å². The summed E-state index contributed by atoms with van der Waals surface area (Å²) < 4.78 is 10.3. The number of carbonyl (C=O) groups is 1. The van der Waals surface area contributed by atoms with Gasteiger partial charge in [-0.2, -0.15) is 4.98 Å². The Morgan fingerprint density at radius 2 is 2.24 bits per heavy atom. The number of aromatic nitrogens is 2. The standard InChI is InChI=1S/C14H15N3O3S/c18-13(9-21-11-4-2-1-3-5-11)17-6-7-19-12(8-17)14-15-10-20-16-14/h1-5,10,12H,6-9H2. The zero-order valence-corrected chi connectivity index (χ0v) is 12.2. The predicted molar refractivity (Wildman–Crippen MR) is 76.7 cm³/mol. The first-order chi connectivity index (χ1) is 10.3. The molecule has 110 valence electrons. The molecule has 2 heterocycles. The maximum absolute atomic E-state index is 12.3. The number of amides is 1. The van der Waals surface area contributed by atoms with E-state index in [4.69, 9.17) is 9.26 Å². The molecule has 0 bridgehead atoms. The van der Waals surface area contributed by atoms with E-state index in [1.807, 2.05) is 30.3 Å². The molecular weight excluding hydrogens is 290 g/mol. The van der Waals surface area contributed by atoms with E-state index < -0.39 is 0 Å². The zero-order chi connectivity index (χ0) is 14.5. The molecule has 0 spiro atoms. The van der Waals surface area contributed by atoms with Gasteiger partial charge >= 0.3 is 0 Å². The molecule has 1 amide bonds. The molecule has 1 aromatic carbocycles. The first-order valence-electron chi connectivity index (χ1n) is 6.66. The van der Waals surface area contributed by atoms with Crippen molar-refractivity contribution in [2.24, 2.45) is 0 Å². The van der Waals surface area contributed by atoms with E-state index in [2.05, 4.69) is 10.1 Å². The summed E-state index contributed by atoms with van der Waals surface area (Å²) in [6.45, 7) is 1.55. The Labute approximate surface area is 126 Å². The highest BCUT2D eigenvalue weighted by molar-refractivity contribution is 8.00. The molecule has 0 saturated carbocycles. The number of nitrogens with zero attached hydrogens (tertiary/aromatic N) is 3. The van der Waals surface area contributed by atoms with Crippen LogP contribution in [-0.2, 0) is 9.53 Å². The average Bonchev–Trinajstić information content (AvgIpc) is 3.08. The predicted octanol–water partition coefficient (Wildman–Crippen LogP) is 1.76. The average molecular weight is 305 g/mol. The summed E-state index contributed by atoms with van der Waals surface area (Å²) in [5.41, 5.74) is 0. The fraction of sp³-hybridized carbons (Fsp3) is 0.357. The highest BCUT2D eigenvalue weighted by Crippen LogP contribution is 2.21. The van der Waals surface area contributed by atoms with Crippen LogP contribution in [0.15, 0.2) is 46.1 Å². The summed E-state index contributed by atoms with van der Waals surface area (Å²) in [5, 5.41) is 3.77. The van der Waals surface area contributed by atoms with Crippen molar-refractivity contribution < 1.29 is 14.1 Å². The number of hydrogen-bond acceptors (Lipinski definition) is 6. The minimum atomic E-state index is -0.303. The molecule has 1 aliphatic heterocycles. The van der Waals surface area contributed by atoms with Gasteiger partial charge < -0.3 is 14.2 Å². The van der Waals surface area contributed by atoms with Crippen molar-refractivity contribution in [3.05, 3.63) is 42.5 Å². The van der Waals surface area contributed by atoms with E-state index >= 15 is 0 Å². The molecule has 21 heavy (non-hydrogen) atoms. The van der Waals surface area contributed by atoms with Gasteiger partial charge in [0.15, 0.2) is 0 Å². The second-order valence-electron chi connectivity index (χ2n) is 4.59. The van der Waals surface area contributed by atoms with Crippen LogP contribution >= 0.6 is 11.8 Å². The van der Waals surface area contributed by atoms with Gasteiger partial charge in [0.1, 0.15) is 6.10 Å². The molecule has 1 fully saturated rings. The minimum Gasteiger partial charge on any atom is -0.366 e. The molecule has 0 N–H and O–H groups in total. The van der Waals surface area contributed by atoms with Gasteiger partial charge in [-0.25, -0.2) is 0 Å². The quantitative estimate of drug-likeness (QED) is 0.802. The van der Waals surface area contributed by atoms with E-state index in [1.54, 1.807) is 4.90 Å². The maximum atomic E-state index is 12.3. The molecule has 0 aliphatic carbocycles. The fourth-order valence-corrected chi connectivity index (χ4v) is 2.93. The second-order valence-corrected chi connectivity index (χ2v) is 5.64. The molecule has 1 saturated heterocycles. The second kappa shape index (κ2) is 6.73. The molecule has 0 radical (unpaired) electrons. The number of ether oxygens (including phenoxy) is 1. The van der Waals surface area contributed by atoms with Crippen LogP contribution in [0.25, 0.3) is 0 Å². The van der Waals surface area contributed by atoms with Crippen LogP contribution < -0.4 is 0 Å². The lowest BCUT2D eigenvalue weighted by atomic mass is 10.2. The first-order valence-corrected chi connectivity index (χ1v) is 7.65. The highest BCUT2D eigenvalue weighted by atomic mass is 32.2. The van der Waals surface area contributed by atoms with Crippen LogP contribution in [0.2, 0.25) is 0 Å². The largest absolute Gasteiger partial charge is 0.366 e. The van der Waals surface area contributed by atoms with Crippen LogP contribution in [-0.4, -0.2) is 46.4 Å². The van der Waals surface area contributed by atoms with Crippen molar-refractivity contribution in [2.75, 3.05) is 25.4 Å². The van der Waals surface area contributed by atoms with E-state index in [0.29, 0.717) is 31.3 Å². The van der Waals surface area contributed by atoms with Crippen molar-refractivity contribution in [1.29, 1.82) is 0 Å². The number of morpholine rings is 1. The van der Waals surface area contributed by atoms with Gasteiger partial charge in [-0.3, -0.25) is 4.79 Å². The summed E-state index contributed by atoms with van der Waals surface area (Å²) in [6, 6.07) is 9.89. The Kier molecular flexibility index (Phi) is 4.52. The molecule has 3 rings (SSSR count). The summed E-state index contributed by atoms with van der Waals surface area (Å²) in [5.74, 6) is 1.01. The number of hydrogen-bond donors (Lipinski definition) is 0. The van der Waals surface area contributed by atoms with Gasteiger partial charge in [-0.1, -0.05) is 23.4 Å². The van der Waals surface area contributed by atoms with E-state index in [0.717, 1.165) is 4.90 Å². The maximum Gasteiger partial charge on any atom is 0.233 e.